The standard InChI is InChI=1S/C21H22N6O/c28-14-18-16-7-4-8-17-20(16)21(25-24-18)23-19(22-17)13-26-9-11-27(12-10-26)15-5-2-1-3-6-15/h1-8,14,18,24H,9-13H2,(H,22,23,25). The van der Waals surface area contributed by atoms with E-state index >= 15 is 0 Å². The topological polar surface area (TPSA) is 72.3 Å². The highest BCUT2D eigenvalue weighted by Gasteiger charge is 2.29. The maximum atomic E-state index is 11.3. The number of para-hydroxylation sites is 1. The van der Waals surface area contributed by atoms with Crippen LogP contribution >= 0.6 is 0 Å². The molecule has 5 rings (SSSR count). The molecule has 28 heavy (non-hydrogen) atoms. The van der Waals surface area contributed by atoms with E-state index in [4.69, 9.17) is 4.99 Å². The molecule has 142 valence electrons. The van der Waals surface area contributed by atoms with E-state index in [1.165, 1.54) is 5.69 Å². The third-order valence-corrected chi connectivity index (χ3v) is 5.48. The molecule has 1 fully saturated rings. The second-order valence-electron chi connectivity index (χ2n) is 7.23. The van der Waals surface area contributed by atoms with Gasteiger partial charge in [-0.15, -0.1) is 0 Å². The molecule has 0 aromatic heterocycles. The van der Waals surface area contributed by atoms with Crippen molar-refractivity contribution in [1.29, 1.82) is 0 Å². The highest BCUT2D eigenvalue weighted by atomic mass is 16.1. The SMILES string of the molecule is O=CC1NN=C2NC(CN3CCN(c4ccccc4)CC3)=Nc3cccc1c32. The Labute approximate surface area is 163 Å². The van der Waals surface area contributed by atoms with Crippen LogP contribution < -0.4 is 15.6 Å². The van der Waals surface area contributed by atoms with Gasteiger partial charge in [0.15, 0.2) is 5.84 Å². The first kappa shape index (κ1) is 16.9. The van der Waals surface area contributed by atoms with Crippen molar-refractivity contribution in [2.45, 2.75) is 6.04 Å². The fourth-order valence-electron chi connectivity index (χ4n) is 4.02. The van der Waals surface area contributed by atoms with Gasteiger partial charge < -0.3 is 15.0 Å². The number of aliphatic imine (C=N–C) groups is 1. The third kappa shape index (κ3) is 3.03. The van der Waals surface area contributed by atoms with Crippen LogP contribution in [-0.4, -0.2) is 55.6 Å². The summed E-state index contributed by atoms with van der Waals surface area (Å²) in [7, 11) is 0. The smallest absolute Gasteiger partial charge is 0.161 e. The van der Waals surface area contributed by atoms with Gasteiger partial charge in [-0.3, -0.25) is 10.3 Å². The van der Waals surface area contributed by atoms with E-state index in [1.807, 2.05) is 18.2 Å². The number of carbonyl (C=O) groups excluding carboxylic acids is 1. The van der Waals surface area contributed by atoms with Crippen molar-refractivity contribution in [3.05, 3.63) is 59.7 Å². The first-order valence-corrected chi connectivity index (χ1v) is 9.60. The lowest BCUT2D eigenvalue weighted by Gasteiger charge is -2.37. The first-order valence-electron chi connectivity index (χ1n) is 9.60. The van der Waals surface area contributed by atoms with Crippen LogP contribution in [0.25, 0.3) is 0 Å². The molecule has 3 heterocycles. The highest BCUT2D eigenvalue weighted by Crippen LogP contribution is 2.31. The van der Waals surface area contributed by atoms with Crippen LogP contribution in [0.15, 0.2) is 58.6 Å². The molecule has 7 heteroatoms. The lowest BCUT2D eigenvalue weighted by atomic mass is 9.96. The van der Waals surface area contributed by atoms with E-state index in [0.717, 1.165) is 67.5 Å². The van der Waals surface area contributed by atoms with Gasteiger partial charge in [0, 0.05) is 31.9 Å². The molecule has 0 spiro atoms. The molecule has 1 unspecified atom stereocenters. The molecule has 0 radical (unpaired) electrons. The Morgan fingerprint density at radius 3 is 2.64 bits per heavy atom. The van der Waals surface area contributed by atoms with Gasteiger partial charge in [-0.1, -0.05) is 30.3 Å². The Kier molecular flexibility index (Phi) is 4.29. The molecule has 1 atom stereocenters. The average molecular weight is 374 g/mol. The Balaban J connectivity index is 1.30. The number of aldehydes is 1. The quantitative estimate of drug-likeness (QED) is 0.797. The van der Waals surface area contributed by atoms with Gasteiger partial charge in [0.25, 0.3) is 0 Å². The Hall–Kier alpha value is -3.19. The molecule has 3 aliphatic heterocycles. The largest absolute Gasteiger partial charge is 0.369 e. The highest BCUT2D eigenvalue weighted by molar-refractivity contribution is 6.17. The Morgan fingerprint density at radius 1 is 1.04 bits per heavy atom. The molecular weight excluding hydrogens is 352 g/mol. The van der Waals surface area contributed by atoms with Crippen molar-refractivity contribution >= 4 is 29.3 Å². The lowest BCUT2D eigenvalue weighted by Crippen LogP contribution is -2.51. The van der Waals surface area contributed by atoms with Crippen LogP contribution in [0.4, 0.5) is 11.4 Å². The average Bonchev–Trinajstić information content (AvgIpc) is 2.75. The lowest BCUT2D eigenvalue weighted by molar-refractivity contribution is -0.109. The zero-order valence-electron chi connectivity index (χ0n) is 15.5. The Bertz CT molecular complexity index is 947. The van der Waals surface area contributed by atoms with Crippen molar-refractivity contribution in [1.82, 2.24) is 15.6 Å². The second-order valence-corrected chi connectivity index (χ2v) is 7.23. The van der Waals surface area contributed by atoms with Crippen molar-refractivity contribution in [2.24, 2.45) is 10.1 Å². The third-order valence-electron chi connectivity index (χ3n) is 5.48. The molecule has 7 nitrogen and oxygen atoms in total. The number of carbonyl (C=O) groups is 1. The van der Waals surface area contributed by atoms with Gasteiger partial charge >= 0.3 is 0 Å². The normalized spacial score (nSPS) is 21.0. The summed E-state index contributed by atoms with van der Waals surface area (Å²) in [6, 6.07) is 16.0. The zero-order valence-corrected chi connectivity index (χ0v) is 15.5. The molecule has 0 aliphatic carbocycles. The maximum absolute atomic E-state index is 11.3. The number of rotatable bonds is 4. The van der Waals surface area contributed by atoms with Crippen molar-refractivity contribution in [3.8, 4) is 0 Å². The second kappa shape index (κ2) is 7.09. The summed E-state index contributed by atoms with van der Waals surface area (Å²) in [6.45, 7) is 4.73. The van der Waals surface area contributed by atoms with E-state index < -0.39 is 6.04 Å². The molecule has 0 saturated carbocycles. The summed E-state index contributed by atoms with van der Waals surface area (Å²) in [5.41, 5.74) is 6.92. The van der Waals surface area contributed by atoms with Crippen LogP contribution in [0.2, 0.25) is 0 Å². The Morgan fingerprint density at radius 2 is 1.86 bits per heavy atom. The fourth-order valence-corrected chi connectivity index (χ4v) is 4.02. The predicted octanol–water partition coefficient (Wildman–Crippen LogP) is 1.65. The van der Waals surface area contributed by atoms with Crippen LogP contribution in [-0.2, 0) is 4.79 Å². The van der Waals surface area contributed by atoms with Crippen LogP contribution in [0.5, 0.6) is 0 Å². The van der Waals surface area contributed by atoms with E-state index in [9.17, 15) is 4.79 Å². The number of nitrogens with one attached hydrogen (secondary N) is 2. The van der Waals surface area contributed by atoms with Crippen LogP contribution in [0, 0.1) is 0 Å². The minimum atomic E-state index is -0.414. The summed E-state index contributed by atoms with van der Waals surface area (Å²) < 4.78 is 0. The zero-order chi connectivity index (χ0) is 18.9. The number of piperazine rings is 1. The number of benzene rings is 2. The summed E-state index contributed by atoms with van der Waals surface area (Å²) in [5, 5.41) is 7.72. The minimum Gasteiger partial charge on any atom is -0.369 e. The molecule has 0 amide bonds. The number of hydrazone groups is 1. The summed E-state index contributed by atoms with van der Waals surface area (Å²) >= 11 is 0. The van der Waals surface area contributed by atoms with Gasteiger partial charge in [-0.25, -0.2) is 4.99 Å². The van der Waals surface area contributed by atoms with E-state index in [1.54, 1.807) is 0 Å². The van der Waals surface area contributed by atoms with E-state index in [0.29, 0.717) is 0 Å². The number of amidine groups is 2. The summed E-state index contributed by atoms with van der Waals surface area (Å²) in [4.78, 5) is 20.9. The van der Waals surface area contributed by atoms with Gasteiger partial charge in [-0.05, 0) is 23.8 Å². The predicted molar refractivity (Wildman–Crippen MR) is 110 cm³/mol. The van der Waals surface area contributed by atoms with Crippen molar-refractivity contribution in [3.63, 3.8) is 0 Å². The van der Waals surface area contributed by atoms with Crippen molar-refractivity contribution < 1.29 is 4.79 Å². The number of hydrogen-bond donors (Lipinski definition) is 2. The fraction of sp³-hybridized carbons (Fsp3) is 0.286. The van der Waals surface area contributed by atoms with Gasteiger partial charge in [0.05, 0.1) is 17.8 Å². The summed E-state index contributed by atoms with van der Waals surface area (Å²) in [5.74, 6) is 1.64. The molecule has 2 aromatic rings. The van der Waals surface area contributed by atoms with Crippen molar-refractivity contribution in [2.75, 3.05) is 37.6 Å². The molecular formula is C21H22N6O. The molecule has 0 bridgehead atoms. The van der Waals surface area contributed by atoms with Gasteiger partial charge in [0.1, 0.15) is 18.2 Å². The number of anilines is 1. The van der Waals surface area contributed by atoms with Gasteiger partial charge in [0.2, 0.25) is 0 Å². The minimum absolute atomic E-state index is 0.414. The first-order chi connectivity index (χ1) is 13.8. The van der Waals surface area contributed by atoms with E-state index in [-0.39, 0.29) is 0 Å². The molecule has 1 saturated heterocycles. The maximum Gasteiger partial charge on any atom is 0.161 e. The summed E-state index contributed by atoms with van der Waals surface area (Å²) in [6.07, 6.45) is 0.876. The molecule has 2 N–H and O–H groups in total. The number of hydrogen-bond acceptors (Lipinski definition) is 7. The van der Waals surface area contributed by atoms with E-state index in [2.05, 4.69) is 56.0 Å². The van der Waals surface area contributed by atoms with Gasteiger partial charge in [-0.2, -0.15) is 5.10 Å². The molecule has 2 aromatic carbocycles. The number of nitrogens with zero attached hydrogens (tertiary/aromatic N) is 4. The molecule has 3 aliphatic rings. The monoisotopic (exact) mass is 374 g/mol. The van der Waals surface area contributed by atoms with Crippen LogP contribution in [0.1, 0.15) is 17.2 Å². The van der Waals surface area contributed by atoms with Crippen LogP contribution in [0.3, 0.4) is 0 Å².